The summed E-state index contributed by atoms with van der Waals surface area (Å²) >= 11 is 9.18. The number of pyridine rings is 1. The summed E-state index contributed by atoms with van der Waals surface area (Å²) in [5, 5.41) is 0.315. The maximum Gasteiger partial charge on any atom is 0.265 e. The molecule has 0 fully saturated rings. The smallest absolute Gasteiger partial charge is 0.265 e. The SMILES string of the molecule is Cc1cccc(Cl)c1NS(=O)(=O)c1cc(Br)cnc1N. The van der Waals surface area contributed by atoms with Crippen molar-refractivity contribution < 1.29 is 8.42 Å². The van der Waals surface area contributed by atoms with E-state index in [-0.39, 0.29) is 10.7 Å². The molecule has 2 rings (SSSR count). The van der Waals surface area contributed by atoms with Crippen LogP contribution in [-0.2, 0) is 10.0 Å². The van der Waals surface area contributed by atoms with Crippen molar-refractivity contribution in [3.8, 4) is 0 Å². The summed E-state index contributed by atoms with van der Waals surface area (Å²) < 4.78 is 27.7. The maximum absolute atomic E-state index is 12.4. The van der Waals surface area contributed by atoms with Gasteiger partial charge in [-0.3, -0.25) is 4.72 Å². The predicted molar refractivity (Wildman–Crippen MR) is 83.3 cm³/mol. The molecule has 2 aromatic rings. The zero-order valence-corrected chi connectivity index (χ0v) is 13.6. The van der Waals surface area contributed by atoms with Gasteiger partial charge in [-0.25, -0.2) is 13.4 Å². The number of nitrogen functional groups attached to an aromatic ring is 1. The van der Waals surface area contributed by atoms with Crippen LogP contribution >= 0.6 is 27.5 Å². The molecule has 0 radical (unpaired) electrons. The van der Waals surface area contributed by atoms with Crippen LogP contribution < -0.4 is 10.5 Å². The fraction of sp³-hybridized carbons (Fsp3) is 0.0833. The van der Waals surface area contributed by atoms with Crippen molar-refractivity contribution in [2.45, 2.75) is 11.8 Å². The van der Waals surface area contributed by atoms with Crippen molar-refractivity contribution >= 4 is 49.1 Å². The summed E-state index contributed by atoms with van der Waals surface area (Å²) in [7, 11) is -3.86. The quantitative estimate of drug-likeness (QED) is 0.861. The minimum absolute atomic E-state index is 0.0783. The summed E-state index contributed by atoms with van der Waals surface area (Å²) in [4.78, 5) is 3.70. The number of nitrogens with two attached hydrogens (primary N) is 1. The van der Waals surface area contributed by atoms with E-state index < -0.39 is 10.0 Å². The Morgan fingerprint density at radius 3 is 2.75 bits per heavy atom. The third-order valence-electron chi connectivity index (χ3n) is 2.60. The first-order chi connectivity index (χ1) is 9.31. The molecule has 106 valence electrons. The molecule has 5 nitrogen and oxygen atoms in total. The van der Waals surface area contributed by atoms with Crippen molar-refractivity contribution in [2.75, 3.05) is 10.5 Å². The number of aromatic nitrogens is 1. The van der Waals surface area contributed by atoms with E-state index in [1.807, 2.05) is 0 Å². The summed E-state index contributed by atoms with van der Waals surface area (Å²) in [6.07, 6.45) is 1.43. The fourth-order valence-electron chi connectivity index (χ4n) is 1.60. The molecule has 1 aromatic heterocycles. The molecule has 0 saturated heterocycles. The normalized spacial score (nSPS) is 11.3. The van der Waals surface area contributed by atoms with Crippen LogP contribution in [0.1, 0.15) is 5.56 Å². The summed E-state index contributed by atoms with van der Waals surface area (Å²) in [6.45, 7) is 1.76. The first-order valence-electron chi connectivity index (χ1n) is 5.50. The predicted octanol–water partition coefficient (Wildman–Crippen LogP) is 3.19. The molecular weight excluding hydrogens is 366 g/mol. The second-order valence-corrected chi connectivity index (χ2v) is 7.05. The molecule has 0 aliphatic carbocycles. The molecule has 0 bridgehead atoms. The van der Waals surface area contributed by atoms with Gasteiger partial charge in [0.25, 0.3) is 10.0 Å². The van der Waals surface area contributed by atoms with E-state index in [2.05, 4.69) is 25.6 Å². The molecule has 8 heteroatoms. The highest BCUT2D eigenvalue weighted by Gasteiger charge is 2.21. The third-order valence-corrected chi connectivity index (χ3v) is 4.72. The molecule has 1 aromatic carbocycles. The molecule has 0 aliphatic rings. The number of anilines is 2. The Morgan fingerprint density at radius 2 is 2.10 bits per heavy atom. The van der Waals surface area contributed by atoms with Crippen LogP contribution in [0.5, 0.6) is 0 Å². The van der Waals surface area contributed by atoms with Crippen LogP contribution in [0.4, 0.5) is 11.5 Å². The van der Waals surface area contributed by atoms with Gasteiger partial charge in [-0.1, -0.05) is 23.7 Å². The van der Waals surface area contributed by atoms with Crippen molar-refractivity contribution in [3.05, 3.63) is 45.5 Å². The van der Waals surface area contributed by atoms with Crippen LogP contribution in [0.25, 0.3) is 0 Å². The second-order valence-electron chi connectivity index (χ2n) is 4.07. The zero-order valence-electron chi connectivity index (χ0n) is 10.4. The van der Waals surface area contributed by atoms with E-state index in [4.69, 9.17) is 17.3 Å². The lowest BCUT2D eigenvalue weighted by Gasteiger charge is -2.13. The van der Waals surface area contributed by atoms with Gasteiger partial charge in [-0.05, 0) is 40.5 Å². The lowest BCUT2D eigenvalue weighted by Crippen LogP contribution is -2.16. The third kappa shape index (κ3) is 3.05. The highest BCUT2D eigenvalue weighted by molar-refractivity contribution is 9.10. The monoisotopic (exact) mass is 375 g/mol. The first kappa shape index (κ1) is 15.1. The van der Waals surface area contributed by atoms with Crippen molar-refractivity contribution in [1.29, 1.82) is 0 Å². The van der Waals surface area contributed by atoms with Gasteiger partial charge in [0.15, 0.2) is 0 Å². The van der Waals surface area contributed by atoms with Gasteiger partial charge in [-0.2, -0.15) is 0 Å². The van der Waals surface area contributed by atoms with Gasteiger partial charge in [0.05, 0.1) is 10.7 Å². The van der Waals surface area contributed by atoms with E-state index in [1.54, 1.807) is 25.1 Å². The van der Waals surface area contributed by atoms with Crippen LogP contribution in [0.2, 0.25) is 5.02 Å². The lowest BCUT2D eigenvalue weighted by atomic mass is 10.2. The fourth-order valence-corrected chi connectivity index (χ4v) is 3.66. The number of benzene rings is 1. The van der Waals surface area contributed by atoms with E-state index in [0.717, 1.165) is 0 Å². The number of nitrogens with zero attached hydrogens (tertiary/aromatic N) is 1. The average molecular weight is 377 g/mol. The first-order valence-corrected chi connectivity index (χ1v) is 8.15. The summed E-state index contributed by atoms with van der Waals surface area (Å²) in [6, 6.07) is 6.49. The lowest BCUT2D eigenvalue weighted by molar-refractivity contribution is 0.601. The Labute approximate surface area is 130 Å². The van der Waals surface area contributed by atoms with Crippen LogP contribution in [0.3, 0.4) is 0 Å². The zero-order chi connectivity index (χ0) is 14.9. The number of halogens is 2. The summed E-state index contributed by atoms with van der Waals surface area (Å²) in [5.74, 6) is -0.0783. The Kier molecular flexibility index (Phi) is 4.22. The van der Waals surface area contributed by atoms with Crippen LogP contribution in [0, 0.1) is 6.92 Å². The molecule has 0 spiro atoms. The Hall–Kier alpha value is -1.31. The molecule has 0 atom stereocenters. The van der Waals surface area contributed by atoms with Crippen molar-refractivity contribution in [3.63, 3.8) is 0 Å². The highest BCUT2D eigenvalue weighted by atomic mass is 79.9. The Bertz CT molecular complexity index is 745. The molecule has 0 amide bonds. The van der Waals surface area contributed by atoms with Gasteiger partial charge >= 0.3 is 0 Å². The number of aryl methyl sites for hydroxylation is 1. The Balaban J connectivity index is 2.49. The van der Waals surface area contributed by atoms with Gasteiger partial charge < -0.3 is 5.73 Å². The van der Waals surface area contributed by atoms with E-state index in [9.17, 15) is 8.42 Å². The maximum atomic E-state index is 12.4. The molecule has 0 aliphatic heterocycles. The number of rotatable bonds is 3. The number of para-hydroxylation sites is 1. The standard InChI is InChI=1S/C12H11BrClN3O2S/c1-7-3-2-4-9(14)11(7)17-20(18,19)10-5-8(13)6-16-12(10)15/h2-6,17H,1H3,(H2,15,16). The average Bonchev–Trinajstić information content (AvgIpc) is 2.37. The number of sulfonamides is 1. The molecule has 0 saturated carbocycles. The molecule has 0 unspecified atom stereocenters. The van der Waals surface area contributed by atoms with Crippen LogP contribution in [-0.4, -0.2) is 13.4 Å². The van der Waals surface area contributed by atoms with Gasteiger partial charge in [-0.15, -0.1) is 0 Å². The highest BCUT2D eigenvalue weighted by Crippen LogP contribution is 2.29. The van der Waals surface area contributed by atoms with Crippen molar-refractivity contribution in [1.82, 2.24) is 4.98 Å². The number of hydrogen-bond donors (Lipinski definition) is 2. The van der Waals surface area contributed by atoms with E-state index >= 15 is 0 Å². The van der Waals surface area contributed by atoms with Gasteiger partial charge in [0, 0.05) is 10.7 Å². The van der Waals surface area contributed by atoms with Crippen molar-refractivity contribution in [2.24, 2.45) is 0 Å². The number of hydrogen-bond acceptors (Lipinski definition) is 4. The largest absolute Gasteiger partial charge is 0.383 e. The molecular formula is C12H11BrClN3O2S. The summed E-state index contributed by atoms with van der Waals surface area (Å²) in [5.41, 5.74) is 6.66. The van der Waals surface area contributed by atoms with Crippen LogP contribution in [0.15, 0.2) is 39.8 Å². The second kappa shape index (κ2) is 5.59. The minimum atomic E-state index is -3.86. The Morgan fingerprint density at radius 1 is 1.40 bits per heavy atom. The number of nitrogens with one attached hydrogen (secondary N) is 1. The van der Waals surface area contributed by atoms with Gasteiger partial charge in [0.1, 0.15) is 10.7 Å². The molecule has 1 heterocycles. The topological polar surface area (TPSA) is 85.1 Å². The molecule has 3 N–H and O–H groups in total. The van der Waals surface area contributed by atoms with E-state index in [1.165, 1.54) is 12.3 Å². The molecule has 20 heavy (non-hydrogen) atoms. The minimum Gasteiger partial charge on any atom is -0.383 e. The van der Waals surface area contributed by atoms with Gasteiger partial charge in [0.2, 0.25) is 0 Å². The van der Waals surface area contributed by atoms with E-state index in [0.29, 0.717) is 20.7 Å².